The van der Waals surface area contributed by atoms with Crippen molar-refractivity contribution in [1.82, 2.24) is 24.3 Å². The van der Waals surface area contributed by atoms with Crippen molar-refractivity contribution in [2.24, 2.45) is 0 Å². The van der Waals surface area contributed by atoms with E-state index in [1.54, 1.807) is 18.2 Å². The van der Waals surface area contributed by atoms with E-state index in [1.165, 1.54) is 4.90 Å². The molecule has 8 nitrogen and oxygen atoms in total. The van der Waals surface area contributed by atoms with Gasteiger partial charge in [-0.25, -0.2) is 9.78 Å². The molecule has 0 unspecified atom stereocenters. The van der Waals surface area contributed by atoms with Crippen LogP contribution in [0.2, 0.25) is 0 Å². The molecular formula is C27H31N5O3. The van der Waals surface area contributed by atoms with E-state index in [0.717, 1.165) is 36.7 Å². The van der Waals surface area contributed by atoms with Crippen LogP contribution in [0, 0.1) is 0 Å². The zero-order valence-corrected chi connectivity index (χ0v) is 20.0. The highest BCUT2D eigenvalue weighted by Gasteiger charge is 2.57. The minimum absolute atomic E-state index is 0.0907. The SMILES string of the molecule is COCCN1C(=O)N(Cc2ccccc2)C2(CCN(Cc3cccn3-c3ccccn3)CC2)C1=O. The zero-order chi connectivity index (χ0) is 24.3. The highest BCUT2D eigenvalue weighted by molar-refractivity contribution is 6.07. The van der Waals surface area contributed by atoms with Crippen LogP contribution in [0.1, 0.15) is 24.1 Å². The molecule has 5 rings (SSSR count). The van der Waals surface area contributed by atoms with Gasteiger partial charge in [0.2, 0.25) is 0 Å². The Balaban J connectivity index is 1.34. The van der Waals surface area contributed by atoms with Gasteiger partial charge < -0.3 is 14.2 Å². The van der Waals surface area contributed by atoms with Gasteiger partial charge in [0.05, 0.1) is 13.2 Å². The van der Waals surface area contributed by atoms with Crippen LogP contribution in [0.5, 0.6) is 0 Å². The van der Waals surface area contributed by atoms with E-state index < -0.39 is 5.54 Å². The number of imide groups is 1. The molecule has 0 aliphatic carbocycles. The number of benzene rings is 1. The summed E-state index contributed by atoms with van der Waals surface area (Å²) in [6, 6.07) is 19.7. The van der Waals surface area contributed by atoms with Crippen molar-refractivity contribution >= 4 is 11.9 Å². The van der Waals surface area contributed by atoms with Gasteiger partial charge in [0.25, 0.3) is 5.91 Å². The molecule has 0 atom stereocenters. The van der Waals surface area contributed by atoms with Gasteiger partial charge in [-0.05, 0) is 42.7 Å². The van der Waals surface area contributed by atoms with E-state index in [0.29, 0.717) is 26.0 Å². The summed E-state index contributed by atoms with van der Waals surface area (Å²) in [7, 11) is 1.59. The van der Waals surface area contributed by atoms with Crippen molar-refractivity contribution in [3.8, 4) is 5.82 Å². The summed E-state index contributed by atoms with van der Waals surface area (Å²) in [5.74, 6) is 0.798. The molecule has 0 N–H and O–H groups in total. The topological polar surface area (TPSA) is 70.9 Å². The average Bonchev–Trinajstić information content (AvgIpc) is 3.43. The number of ether oxygens (including phenoxy) is 1. The maximum Gasteiger partial charge on any atom is 0.328 e. The lowest BCUT2D eigenvalue weighted by Gasteiger charge is -2.42. The number of piperidine rings is 1. The molecule has 2 aliphatic rings. The smallest absolute Gasteiger partial charge is 0.328 e. The van der Waals surface area contributed by atoms with Crippen molar-refractivity contribution in [3.63, 3.8) is 0 Å². The lowest BCUT2D eigenvalue weighted by molar-refractivity contribution is -0.136. The van der Waals surface area contributed by atoms with E-state index >= 15 is 0 Å². The first-order chi connectivity index (χ1) is 17.1. The number of methoxy groups -OCH3 is 1. The Labute approximate surface area is 205 Å². The van der Waals surface area contributed by atoms with Gasteiger partial charge in [-0.3, -0.25) is 14.6 Å². The van der Waals surface area contributed by atoms with Crippen LogP contribution in [0.4, 0.5) is 4.79 Å². The van der Waals surface area contributed by atoms with Gasteiger partial charge >= 0.3 is 6.03 Å². The van der Waals surface area contributed by atoms with Gasteiger partial charge in [0.15, 0.2) is 0 Å². The Kier molecular flexibility index (Phi) is 6.66. The Bertz CT molecular complexity index is 1160. The van der Waals surface area contributed by atoms with Crippen molar-refractivity contribution in [1.29, 1.82) is 0 Å². The minimum Gasteiger partial charge on any atom is -0.383 e. The number of likely N-dealkylation sites (tertiary alicyclic amines) is 1. The van der Waals surface area contributed by atoms with E-state index in [-0.39, 0.29) is 18.5 Å². The highest BCUT2D eigenvalue weighted by atomic mass is 16.5. The molecule has 3 amide bonds. The molecule has 1 aromatic carbocycles. The average molecular weight is 474 g/mol. The number of amides is 3. The summed E-state index contributed by atoms with van der Waals surface area (Å²) >= 11 is 0. The quantitative estimate of drug-likeness (QED) is 0.470. The number of urea groups is 1. The molecule has 2 fully saturated rings. The van der Waals surface area contributed by atoms with Crippen LogP contribution in [-0.4, -0.2) is 75.1 Å². The Hall–Kier alpha value is -3.49. The number of rotatable bonds is 8. The molecule has 182 valence electrons. The first kappa shape index (κ1) is 23.3. The number of pyridine rings is 1. The molecule has 2 aliphatic heterocycles. The Morgan fingerprint density at radius 2 is 1.71 bits per heavy atom. The molecule has 0 bridgehead atoms. The van der Waals surface area contributed by atoms with Crippen molar-refractivity contribution < 1.29 is 14.3 Å². The normalized spacial score (nSPS) is 18.1. The number of carbonyl (C=O) groups excluding carboxylic acids is 2. The summed E-state index contributed by atoms with van der Waals surface area (Å²) in [5.41, 5.74) is 1.37. The molecule has 0 radical (unpaired) electrons. The number of carbonyl (C=O) groups is 2. The predicted molar refractivity (Wildman–Crippen MR) is 132 cm³/mol. The summed E-state index contributed by atoms with van der Waals surface area (Å²) in [6.07, 6.45) is 5.04. The Morgan fingerprint density at radius 1 is 0.943 bits per heavy atom. The second-order valence-electron chi connectivity index (χ2n) is 9.17. The molecular weight excluding hydrogens is 442 g/mol. The molecule has 3 aromatic rings. The summed E-state index contributed by atoms with van der Waals surface area (Å²) in [6.45, 7) is 3.27. The highest BCUT2D eigenvalue weighted by Crippen LogP contribution is 2.38. The van der Waals surface area contributed by atoms with E-state index in [4.69, 9.17) is 4.74 Å². The van der Waals surface area contributed by atoms with Crippen LogP contribution < -0.4 is 0 Å². The Morgan fingerprint density at radius 3 is 2.43 bits per heavy atom. The fraction of sp³-hybridized carbons (Fsp3) is 0.370. The predicted octanol–water partition coefficient (Wildman–Crippen LogP) is 3.32. The minimum atomic E-state index is -0.805. The molecule has 2 saturated heterocycles. The number of nitrogens with zero attached hydrogens (tertiary/aromatic N) is 5. The number of hydrogen-bond acceptors (Lipinski definition) is 5. The lowest BCUT2D eigenvalue weighted by atomic mass is 9.85. The molecule has 1 spiro atoms. The molecule has 4 heterocycles. The van der Waals surface area contributed by atoms with Crippen LogP contribution in [0.3, 0.4) is 0 Å². The fourth-order valence-corrected chi connectivity index (χ4v) is 5.21. The van der Waals surface area contributed by atoms with Crippen molar-refractivity contribution in [2.45, 2.75) is 31.5 Å². The third-order valence-corrected chi connectivity index (χ3v) is 7.12. The molecule has 8 heteroatoms. The first-order valence-electron chi connectivity index (χ1n) is 12.1. The number of aromatic nitrogens is 2. The van der Waals surface area contributed by atoms with Gasteiger partial charge in [0, 0.05) is 51.4 Å². The summed E-state index contributed by atoms with van der Waals surface area (Å²) in [4.78, 5) is 37.0. The zero-order valence-electron chi connectivity index (χ0n) is 20.0. The van der Waals surface area contributed by atoms with Crippen LogP contribution in [0.15, 0.2) is 73.1 Å². The third kappa shape index (κ3) is 4.47. The largest absolute Gasteiger partial charge is 0.383 e. The van der Waals surface area contributed by atoms with Crippen LogP contribution >= 0.6 is 0 Å². The molecule has 0 saturated carbocycles. The van der Waals surface area contributed by atoms with Crippen molar-refractivity contribution in [2.75, 3.05) is 33.4 Å². The lowest BCUT2D eigenvalue weighted by Crippen LogP contribution is -2.56. The third-order valence-electron chi connectivity index (χ3n) is 7.12. The maximum absolute atomic E-state index is 13.6. The summed E-state index contributed by atoms with van der Waals surface area (Å²) in [5, 5.41) is 0. The van der Waals surface area contributed by atoms with Gasteiger partial charge in [0.1, 0.15) is 11.4 Å². The molecule has 2 aromatic heterocycles. The van der Waals surface area contributed by atoms with E-state index in [1.807, 2.05) is 60.8 Å². The van der Waals surface area contributed by atoms with Crippen LogP contribution in [0.25, 0.3) is 5.82 Å². The van der Waals surface area contributed by atoms with Crippen LogP contribution in [-0.2, 0) is 22.6 Å². The van der Waals surface area contributed by atoms with Crippen molar-refractivity contribution in [3.05, 3.63) is 84.3 Å². The fourth-order valence-electron chi connectivity index (χ4n) is 5.21. The maximum atomic E-state index is 13.6. The first-order valence-corrected chi connectivity index (χ1v) is 12.1. The standard InChI is InChI=1S/C27H31N5O3/c1-35-19-18-31-25(33)27(32(26(31)34)20-22-8-3-2-4-9-22)12-16-29(17-13-27)21-23-10-7-15-30(23)24-11-5-6-14-28-24/h2-11,14-15H,12-13,16-21H2,1H3. The second kappa shape index (κ2) is 10.0. The van der Waals surface area contributed by atoms with Gasteiger partial charge in [-0.1, -0.05) is 36.4 Å². The number of hydrogen-bond donors (Lipinski definition) is 0. The monoisotopic (exact) mass is 473 g/mol. The molecule has 35 heavy (non-hydrogen) atoms. The summed E-state index contributed by atoms with van der Waals surface area (Å²) < 4.78 is 7.27. The second-order valence-corrected chi connectivity index (χ2v) is 9.17. The van der Waals surface area contributed by atoms with Gasteiger partial charge in [-0.2, -0.15) is 0 Å². The van der Waals surface area contributed by atoms with Gasteiger partial charge in [-0.15, -0.1) is 0 Å². The van der Waals surface area contributed by atoms with E-state index in [2.05, 4.69) is 20.5 Å². The van der Waals surface area contributed by atoms with E-state index in [9.17, 15) is 9.59 Å².